The number of halogens is 1. The first-order valence-corrected chi connectivity index (χ1v) is 7.97. The van der Waals surface area contributed by atoms with Gasteiger partial charge in [0.15, 0.2) is 0 Å². The number of nitrogens with zero attached hydrogens (tertiary/aromatic N) is 1. The minimum absolute atomic E-state index is 0.142. The molecule has 1 aromatic carbocycles. The summed E-state index contributed by atoms with van der Waals surface area (Å²) in [5.74, 6) is 0.620. The Morgan fingerprint density at radius 2 is 1.95 bits per heavy atom. The highest BCUT2D eigenvalue weighted by molar-refractivity contribution is 5.48. The number of nitrogens with two attached hydrogens (primary N) is 1. The molecule has 0 spiro atoms. The van der Waals surface area contributed by atoms with E-state index in [9.17, 15) is 4.39 Å². The summed E-state index contributed by atoms with van der Waals surface area (Å²) in [6.07, 6.45) is 7.77. The molecule has 0 heterocycles. The predicted octanol–water partition coefficient (Wildman–Crippen LogP) is 3.95. The average Bonchev–Trinajstić information content (AvgIpc) is 2.49. The van der Waals surface area contributed by atoms with Crippen LogP contribution in [0, 0.1) is 11.7 Å². The number of rotatable bonds is 6. The summed E-state index contributed by atoms with van der Waals surface area (Å²) < 4.78 is 14.0. The molecule has 1 aliphatic rings. The van der Waals surface area contributed by atoms with Crippen molar-refractivity contribution in [3.05, 3.63) is 30.1 Å². The van der Waals surface area contributed by atoms with E-state index in [1.165, 1.54) is 38.2 Å². The maximum absolute atomic E-state index is 14.0. The Bertz CT molecular complexity index is 402. The molecule has 1 atom stereocenters. The van der Waals surface area contributed by atoms with Gasteiger partial charge in [-0.2, -0.15) is 0 Å². The molecule has 1 aromatic rings. The van der Waals surface area contributed by atoms with E-state index in [1.54, 1.807) is 6.07 Å². The van der Waals surface area contributed by atoms with Crippen LogP contribution in [0.4, 0.5) is 10.1 Å². The molecule has 0 amide bonds. The summed E-state index contributed by atoms with van der Waals surface area (Å²) >= 11 is 0. The van der Waals surface area contributed by atoms with E-state index in [2.05, 4.69) is 11.8 Å². The molecule has 2 nitrogen and oxygen atoms in total. The van der Waals surface area contributed by atoms with Gasteiger partial charge in [0.1, 0.15) is 5.82 Å². The summed E-state index contributed by atoms with van der Waals surface area (Å²) in [5, 5.41) is 0. The van der Waals surface area contributed by atoms with Crippen molar-refractivity contribution in [3.63, 3.8) is 0 Å². The SMILES string of the molecule is CCN(c1ccccc1F)C(CN)CC1CCCCC1. The molecule has 20 heavy (non-hydrogen) atoms. The summed E-state index contributed by atoms with van der Waals surface area (Å²) in [5.41, 5.74) is 6.69. The van der Waals surface area contributed by atoms with Crippen LogP contribution in [-0.4, -0.2) is 19.1 Å². The largest absolute Gasteiger partial charge is 0.365 e. The van der Waals surface area contributed by atoms with E-state index in [0.29, 0.717) is 12.2 Å². The van der Waals surface area contributed by atoms with Crippen molar-refractivity contribution in [2.24, 2.45) is 11.7 Å². The number of hydrogen-bond acceptors (Lipinski definition) is 2. The normalized spacial score (nSPS) is 17.9. The highest BCUT2D eigenvalue weighted by Gasteiger charge is 2.23. The molecule has 1 saturated carbocycles. The van der Waals surface area contributed by atoms with E-state index < -0.39 is 0 Å². The monoisotopic (exact) mass is 278 g/mol. The number of anilines is 1. The predicted molar refractivity (Wildman–Crippen MR) is 83.5 cm³/mol. The van der Waals surface area contributed by atoms with Crippen LogP contribution in [0.1, 0.15) is 45.4 Å². The molecule has 0 aliphatic heterocycles. The van der Waals surface area contributed by atoms with Crippen LogP contribution in [0.5, 0.6) is 0 Å². The molecule has 0 bridgehead atoms. The molecule has 1 fully saturated rings. The van der Waals surface area contributed by atoms with E-state index in [0.717, 1.165) is 18.9 Å². The second-order valence-electron chi connectivity index (χ2n) is 5.87. The summed E-state index contributed by atoms with van der Waals surface area (Å²) in [4.78, 5) is 2.14. The zero-order valence-corrected chi connectivity index (χ0v) is 12.5. The first kappa shape index (κ1) is 15.3. The fourth-order valence-corrected chi connectivity index (χ4v) is 3.47. The van der Waals surface area contributed by atoms with Gasteiger partial charge >= 0.3 is 0 Å². The van der Waals surface area contributed by atoms with Crippen LogP contribution in [0.25, 0.3) is 0 Å². The molecule has 2 N–H and O–H groups in total. The maximum Gasteiger partial charge on any atom is 0.146 e. The molecule has 0 radical (unpaired) electrons. The van der Waals surface area contributed by atoms with Gasteiger partial charge in [-0.1, -0.05) is 44.2 Å². The van der Waals surface area contributed by atoms with E-state index >= 15 is 0 Å². The lowest BCUT2D eigenvalue weighted by Crippen LogP contribution is -2.42. The average molecular weight is 278 g/mol. The highest BCUT2D eigenvalue weighted by Crippen LogP contribution is 2.30. The van der Waals surface area contributed by atoms with E-state index in [4.69, 9.17) is 5.73 Å². The summed E-state index contributed by atoms with van der Waals surface area (Å²) in [7, 11) is 0. The van der Waals surface area contributed by atoms with Crippen molar-refractivity contribution in [1.82, 2.24) is 0 Å². The van der Waals surface area contributed by atoms with Gasteiger partial charge in [-0.25, -0.2) is 4.39 Å². The maximum atomic E-state index is 14.0. The molecule has 2 rings (SSSR count). The van der Waals surface area contributed by atoms with Crippen molar-refractivity contribution in [3.8, 4) is 0 Å². The fraction of sp³-hybridized carbons (Fsp3) is 0.647. The van der Waals surface area contributed by atoms with Crippen LogP contribution < -0.4 is 10.6 Å². The molecule has 0 saturated heterocycles. The zero-order chi connectivity index (χ0) is 14.4. The Labute approximate surface area is 122 Å². The second kappa shape index (κ2) is 7.63. The Kier molecular flexibility index (Phi) is 5.84. The Hall–Kier alpha value is -1.09. The van der Waals surface area contributed by atoms with Crippen molar-refractivity contribution >= 4 is 5.69 Å². The zero-order valence-electron chi connectivity index (χ0n) is 12.5. The molecule has 1 unspecified atom stereocenters. The number of likely N-dealkylation sites (N-methyl/N-ethyl adjacent to an activating group) is 1. The Morgan fingerprint density at radius 1 is 1.25 bits per heavy atom. The van der Waals surface area contributed by atoms with Gasteiger partial charge in [0.05, 0.1) is 5.69 Å². The van der Waals surface area contributed by atoms with Crippen LogP contribution >= 0.6 is 0 Å². The van der Waals surface area contributed by atoms with Gasteiger partial charge in [-0.05, 0) is 31.4 Å². The van der Waals surface area contributed by atoms with Crippen LogP contribution in [0.15, 0.2) is 24.3 Å². The van der Waals surface area contributed by atoms with Crippen molar-refractivity contribution in [2.75, 3.05) is 18.0 Å². The van der Waals surface area contributed by atoms with Gasteiger partial charge in [-0.15, -0.1) is 0 Å². The van der Waals surface area contributed by atoms with E-state index in [1.807, 2.05) is 12.1 Å². The van der Waals surface area contributed by atoms with Crippen LogP contribution in [0.3, 0.4) is 0 Å². The van der Waals surface area contributed by atoms with Crippen LogP contribution in [0.2, 0.25) is 0 Å². The quantitative estimate of drug-likeness (QED) is 0.853. The summed E-state index contributed by atoms with van der Waals surface area (Å²) in [6, 6.07) is 7.29. The Morgan fingerprint density at radius 3 is 2.55 bits per heavy atom. The molecule has 1 aliphatic carbocycles. The number of hydrogen-bond donors (Lipinski definition) is 1. The van der Waals surface area contributed by atoms with Gasteiger partial charge in [0, 0.05) is 19.1 Å². The lowest BCUT2D eigenvalue weighted by molar-refractivity contribution is 0.313. The molecular formula is C17H27FN2. The third-order valence-corrected chi connectivity index (χ3v) is 4.55. The molecular weight excluding hydrogens is 251 g/mol. The standard InChI is InChI=1S/C17H27FN2/c1-2-20(17-11-7-6-10-16(17)18)15(13-19)12-14-8-4-3-5-9-14/h6-7,10-11,14-15H,2-5,8-9,12-13,19H2,1H3. The first-order chi connectivity index (χ1) is 9.76. The topological polar surface area (TPSA) is 29.3 Å². The number of benzene rings is 1. The smallest absolute Gasteiger partial charge is 0.146 e. The lowest BCUT2D eigenvalue weighted by atomic mass is 9.84. The molecule has 0 aromatic heterocycles. The van der Waals surface area contributed by atoms with Crippen molar-refractivity contribution < 1.29 is 4.39 Å². The minimum Gasteiger partial charge on any atom is -0.365 e. The van der Waals surface area contributed by atoms with Gasteiger partial charge in [0.25, 0.3) is 0 Å². The summed E-state index contributed by atoms with van der Waals surface area (Å²) in [6.45, 7) is 3.48. The van der Waals surface area contributed by atoms with Crippen molar-refractivity contribution in [1.29, 1.82) is 0 Å². The molecule has 112 valence electrons. The number of para-hydroxylation sites is 1. The van der Waals surface area contributed by atoms with Crippen molar-refractivity contribution in [2.45, 2.75) is 51.5 Å². The molecule has 3 heteroatoms. The lowest BCUT2D eigenvalue weighted by Gasteiger charge is -2.35. The third-order valence-electron chi connectivity index (χ3n) is 4.55. The van der Waals surface area contributed by atoms with Gasteiger partial charge in [0.2, 0.25) is 0 Å². The third kappa shape index (κ3) is 3.72. The van der Waals surface area contributed by atoms with Gasteiger partial charge in [-0.3, -0.25) is 0 Å². The van der Waals surface area contributed by atoms with E-state index in [-0.39, 0.29) is 11.9 Å². The first-order valence-electron chi connectivity index (χ1n) is 7.97. The van der Waals surface area contributed by atoms with Crippen LogP contribution in [-0.2, 0) is 0 Å². The minimum atomic E-state index is -0.142. The van der Waals surface area contributed by atoms with Gasteiger partial charge < -0.3 is 10.6 Å². The highest BCUT2D eigenvalue weighted by atomic mass is 19.1. The fourth-order valence-electron chi connectivity index (χ4n) is 3.47. The second-order valence-corrected chi connectivity index (χ2v) is 5.87. The Balaban J connectivity index is 2.08.